The van der Waals surface area contributed by atoms with Crippen LogP contribution in [0.25, 0.3) is 0 Å². The maximum absolute atomic E-state index is 13.6. The van der Waals surface area contributed by atoms with Gasteiger partial charge < -0.3 is 18.9 Å². The van der Waals surface area contributed by atoms with Gasteiger partial charge in [0.1, 0.15) is 12.4 Å². The van der Waals surface area contributed by atoms with E-state index in [4.69, 9.17) is 14.0 Å². The third kappa shape index (κ3) is 3.54. The maximum Gasteiger partial charge on any atom is 0.495 e. The van der Waals surface area contributed by atoms with Gasteiger partial charge in [-0.15, -0.1) is 0 Å². The number of fused-ring (bicyclic) bond motifs is 1. The Balaban J connectivity index is 1.51. The van der Waals surface area contributed by atoms with Crippen LogP contribution in [0.3, 0.4) is 0 Å². The summed E-state index contributed by atoms with van der Waals surface area (Å²) in [7, 11) is -0.457. The van der Waals surface area contributed by atoms with Gasteiger partial charge in [0.15, 0.2) is 0 Å². The molecule has 1 saturated heterocycles. The summed E-state index contributed by atoms with van der Waals surface area (Å²) in [5, 5.41) is 0. The van der Waals surface area contributed by atoms with Crippen LogP contribution in [0, 0.1) is 0 Å². The molecule has 0 aromatic heterocycles. The van der Waals surface area contributed by atoms with Crippen molar-refractivity contribution in [3.05, 3.63) is 53.1 Å². The predicted molar refractivity (Wildman–Crippen MR) is 127 cm³/mol. The molecule has 2 aliphatic heterocycles. The van der Waals surface area contributed by atoms with Gasteiger partial charge in [0, 0.05) is 5.69 Å². The number of carbonyl (C=O) groups excluding carboxylic acids is 1. The molecular formula is C26H32BNO4. The predicted octanol–water partition coefficient (Wildman–Crippen LogP) is 4.46. The second-order valence-corrected chi connectivity index (χ2v) is 10.1. The number of ether oxygens (including phenoxy) is 1. The molecule has 3 aliphatic rings. The van der Waals surface area contributed by atoms with Gasteiger partial charge in [0.25, 0.3) is 5.91 Å². The quantitative estimate of drug-likeness (QED) is 0.668. The van der Waals surface area contributed by atoms with E-state index in [-0.39, 0.29) is 5.91 Å². The van der Waals surface area contributed by atoms with Gasteiger partial charge in [-0.2, -0.15) is 0 Å². The molecule has 2 fully saturated rings. The Bertz CT molecular complexity index is 1040. The van der Waals surface area contributed by atoms with E-state index < -0.39 is 18.3 Å². The largest absolute Gasteiger partial charge is 0.495 e. The van der Waals surface area contributed by atoms with E-state index in [0.29, 0.717) is 30.4 Å². The Morgan fingerprint density at radius 1 is 1.06 bits per heavy atom. The van der Waals surface area contributed by atoms with Crippen molar-refractivity contribution in [2.24, 2.45) is 0 Å². The highest BCUT2D eigenvalue weighted by atomic mass is 16.7. The van der Waals surface area contributed by atoms with Crippen molar-refractivity contribution in [3.8, 4) is 5.75 Å². The number of rotatable bonds is 4. The van der Waals surface area contributed by atoms with E-state index >= 15 is 0 Å². The van der Waals surface area contributed by atoms with Crippen LogP contribution in [-0.2, 0) is 15.7 Å². The lowest BCUT2D eigenvalue weighted by Crippen LogP contribution is -2.41. The molecule has 0 unspecified atom stereocenters. The van der Waals surface area contributed by atoms with E-state index in [2.05, 4.69) is 52.8 Å². The van der Waals surface area contributed by atoms with Gasteiger partial charge in [0.05, 0.1) is 23.3 Å². The lowest BCUT2D eigenvalue weighted by Gasteiger charge is -2.32. The van der Waals surface area contributed by atoms with Crippen LogP contribution in [0.1, 0.15) is 74.9 Å². The average Bonchev–Trinajstić information content (AvgIpc) is 3.58. The fourth-order valence-electron chi connectivity index (χ4n) is 4.65. The molecule has 2 heterocycles. The molecule has 2 aromatic carbocycles. The number of hydrogen-bond acceptors (Lipinski definition) is 4. The maximum atomic E-state index is 13.6. The monoisotopic (exact) mass is 433 g/mol. The molecule has 0 bridgehead atoms. The second-order valence-electron chi connectivity index (χ2n) is 10.1. The molecular weight excluding hydrogens is 401 g/mol. The lowest BCUT2D eigenvalue weighted by atomic mass is 9.74. The van der Waals surface area contributed by atoms with Crippen molar-refractivity contribution in [3.63, 3.8) is 0 Å². The number of benzene rings is 2. The molecule has 1 aliphatic carbocycles. The summed E-state index contributed by atoms with van der Waals surface area (Å²) >= 11 is 0. The zero-order valence-electron chi connectivity index (χ0n) is 19.7. The van der Waals surface area contributed by atoms with Crippen LogP contribution in [0.4, 0.5) is 5.69 Å². The van der Waals surface area contributed by atoms with E-state index in [1.54, 1.807) is 0 Å². The van der Waals surface area contributed by atoms with Crippen LogP contribution >= 0.6 is 0 Å². The molecule has 5 nitrogen and oxygen atoms in total. The number of anilines is 1. The summed E-state index contributed by atoms with van der Waals surface area (Å²) in [5.74, 6) is 1.32. The van der Waals surface area contributed by atoms with Crippen LogP contribution in [0.5, 0.6) is 5.75 Å². The molecule has 2 aromatic rings. The highest BCUT2D eigenvalue weighted by Crippen LogP contribution is 2.42. The van der Waals surface area contributed by atoms with Gasteiger partial charge >= 0.3 is 7.12 Å². The van der Waals surface area contributed by atoms with E-state index in [1.807, 2.05) is 23.1 Å². The van der Waals surface area contributed by atoms with Crippen LogP contribution in [-0.4, -0.2) is 37.4 Å². The summed E-state index contributed by atoms with van der Waals surface area (Å²) < 4.78 is 18.7. The van der Waals surface area contributed by atoms with Crippen molar-refractivity contribution in [2.45, 2.75) is 71.0 Å². The fourth-order valence-corrected chi connectivity index (χ4v) is 4.65. The highest BCUT2D eigenvalue weighted by Gasteiger charge is 2.52. The van der Waals surface area contributed by atoms with Crippen LogP contribution < -0.4 is 15.1 Å². The summed E-state index contributed by atoms with van der Waals surface area (Å²) in [5.41, 5.74) is 4.07. The standard InChI is InChI=1S/C26H32BNO4/c1-6-19-21(27-31-25(2,3)26(4,5)32-27)8-7-9-22(19)28-14-15-30-23-16-18(17-10-11-17)12-13-20(23)24(28)29/h7-9,12-13,16-17H,6,10-11,14-15H2,1-5H3. The first-order chi connectivity index (χ1) is 15.2. The molecule has 168 valence electrons. The van der Waals surface area contributed by atoms with Crippen LogP contribution in [0.15, 0.2) is 36.4 Å². The summed E-state index contributed by atoms with van der Waals surface area (Å²) in [6, 6.07) is 12.2. The van der Waals surface area contributed by atoms with Gasteiger partial charge in [0.2, 0.25) is 0 Å². The lowest BCUT2D eigenvalue weighted by molar-refractivity contribution is 0.00578. The number of amides is 1. The number of nitrogens with zero attached hydrogens (tertiary/aromatic N) is 1. The molecule has 5 rings (SSSR count). The third-order valence-corrected chi connectivity index (χ3v) is 7.44. The second kappa shape index (κ2) is 7.63. The van der Waals surface area contributed by atoms with E-state index in [1.165, 1.54) is 18.4 Å². The van der Waals surface area contributed by atoms with Crippen molar-refractivity contribution >= 4 is 24.2 Å². The Hall–Kier alpha value is -2.31. The van der Waals surface area contributed by atoms with E-state index in [9.17, 15) is 4.79 Å². The smallest absolute Gasteiger partial charge is 0.491 e. The Labute approximate surface area is 191 Å². The minimum atomic E-state index is -0.457. The molecule has 0 atom stereocenters. The van der Waals surface area contributed by atoms with Gasteiger partial charge in [-0.25, -0.2) is 0 Å². The van der Waals surface area contributed by atoms with Gasteiger partial charge in [-0.3, -0.25) is 4.79 Å². The highest BCUT2D eigenvalue weighted by molar-refractivity contribution is 6.62. The molecule has 1 amide bonds. The van der Waals surface area contributed by atoms with Crippen molar-refractivity contribution < 1.29 is 18.8 Å². The van der Waals surface area contributed by atoms with Crippen molar-refractivity contribution in [1.29, 1.82) is 0 Å². The van der Waals surface area contributed by atoms with Crippen molar-refractivity contribution in [1.82, 2.24) is 0 Å². The summed E-state index contributed by atoms with van der Waals surface area (Å²) in [6.45, 7) is 11.3. The van der Waals surface area contributed by atoms with Gasteiger partial charge in [-0.05, 0) is 87.7 Å². The molecule has 32 heavy (non-hydrogen) atoms. The van der Waals surface area contributed by atoms with Crippen LogP contribution in [0.2, 0.25) is 0 Å². The topological polar surface area (TPSA) is 48.0 Å². The number of carbonyl (C=O) groups is 1. The minimum absolute atomic E-state index is 0.0133. The van der Waals surface area contributed by atoms with Crippen molar-refractivity contribution in [2.75, 3.05) is 18.1 Å². The average molecular weight is 433 g/mol. The Morgan fingerprint density at radius 2 is 1.78 bits per heavy atom. The molecule has 6 heteroatoms. The van der Waals surface area contributed by atoms with Gasteiger partial charge in [-0.1, -0.05) is 25.1 Å². The third-order valence-electron chi connectivity index (χ3n) is 7.44. The Kier molecular flexibility index (Phi) is 5.14. The minimum Gasteiger partial charge on any atom is -0.491 e. The first-order valence-electron chi connectivity index (χ1n) is 11.8. The zero-order chi connectivity index (χ0) is 22.7. The number of hydrogen-bond donors (Lipinski definition) is 0. The molecule has 0 N–H and O–H groups in total. The first-order valence-corrected chi connectivity index (χ1v) is 11.8. The fraction of sp³-hybridized carbons (Fsp3) is 0.500. The molecule has 1 saturated carbocycles. The summed E-state index contributed by atoms with van der Waals surface area (Å²) in [4.78, 5) is 15.5. The Morgan fingerprint density at radius 3 is 2.44 bits per heavy atom. The normalized spacial score (nSPS) is 21.8. The first kappa shape index (κ1) is 21.5. The molecule has 0 spiro atoms. The SMILES string of the molecule is CCc1c(B2OC(C)(C)C(C)(C)O2)cccc1N1CCOc2cc(C3CC3)ccc2C1=O. The zero-order valence-corrected chi connectivity index (χ0v) is 19.7. The van der Waals surface area contributed by atoms with E-state index in [0.717, 1.165) is 23.1 Å². The summed E-state index contributed by atoms with van der Waals surface area (Å²) in [6.07, 6.45) is 3.22. The molecule has 0 radical (unpaired) electrons.